The lowest BCUT2D eigenvalue weighted by molar-refractivity contribution is -0.146. The second-order valence-electron chi connectivity index (χ2n) is 4.50. The maximum Gasteiger partial charge on any atom is 0.307 e. The Labute approximate surface area is 96.8 Å². The van der Waals surface area contributed by atoms with Crippen LogP contribution >= 0.6 is 0 Å². The molecule has 1 aliphatic rings. The standard InChI is InChI=1S/C13H20O3/c1-4-7-10(12(14)15)13(2)9-6-5-8-11(13)16-3/h4,8,10H,1,5-7,9H2,2-3H3,(H,14,15). The molecule has 3 nitrogen and oxygen atoms in total. The van der Waals surface area contributed by atoms with Crippen molar-refractivity contribution in [3.8, 4) is 0 Å². The van der Waals surface area contributed by atoms with E-state index < -0.39 is 17.3 Å². The van der Waals surface area contributed by atoms with Crippen LogP contribution in [0.15, 0.2) is 24.5 Å². The molecule has 1 N–H and O–H groups in total. The van der Waals surface area contributed by atoms with E-state index in [1.165, 1.54) is 0 Å². The fourth-order valence-electron chi connectivity index (χ4n) is 2.52. The number of allylic oxidation sites excluding steroid dienone is 3. The predicted octanol–water partition coefficient (Wildman–Crippen LogP) is 2.98. The van der Waals surface area contributed by atoms with Crippen LogP contribution < -0.4 is 0 Å². The van der Waals surface area contributed by atoms with Crippen LogP contribution in [0.5, 0.6) is 0 Å². The Balaban J connectivity index is 3.03. The fraction of sp³-hybridized carbons (Fsp3) is 0.615. The summed E-state index contributed by atoms with van der Waals surface area (Å²) in [6.07, 6.45) is 7.02. The first-order valence-corrected chi connectivity index (χ1v) is 5.64. The summed E-state index contributed by atoms with van der Waals surface area (Å²) in [6, 6.07) is 0. The third-order valence-corrected chi connectivity index (χ3v) is 3.48. The van der Waals surface area contributed by atoms with Crippen LogP contribution in [-0.2, 0) is 9.53 Å². The predicted molar refractivity (Wildman–Crippen MR) is 63.0 cm³/mol. The maximum absolute atomic E-state index is 11.3. The molecule has 0 aromatic heterocycles. The first-order valence-electron chi connectivity index (χ1n) is 5.64. The second kappa shape index (κ2) is 5.19. The third-order valence-electron chi connectivity index (χ3n) is 3.48. The molecule has 2 unspecified atom stereocenters. The number of rotatable bonds is 5. The maximum atomic E-state index is 11.3. The average molecular weight is 224 g/mol. The molecule has 0 fully saturated rings. The van der Waals surface area contributed by atoms with Crippen LogP contribution in [0.2, 0.25) is 0 Å². The van der Waals surface area contributed by atoms with Crippen molar-refractivity contribution in [2.24, 2.45) is 11.3 Å². The van der Waals surface area contributed by atoms with E-state index in [0.29, 0.717) is 6.42 Å². The van der Waals surface area contributed by atoms with Gasteiger partial charge < -0.3 is 9.84 Å². The smallest absolute Gasteiger partial charge is 0.307 e. The van der Waals surface area contributed by atoms with Gasteiger partial charge in [-0.15, -0.1) is 6.58 Å². The minimum absolute atomic E-state index is 0.396. The lowest BCUT2D eigenvalue weighted by Crippen LogP contribution is -2.37. The van der Waals surface area contributed by atoms with Crippen LogP contribution in [-0.4, -0.2) is 18.2 Å². The van der Waals surface area contributed by atoms with Gasteiger partial charge in [0.1, 0.15) is 0 Å². The Kier molecular flexibility index (Phi) is 4.16. The molecule has 0 aliphatic heterocycles. The molecule has 0 radical (unpaired) electrons. The molecule has 0 bridgehead atoms. The first-order chi connectivity index (χ1) is 7.56. The minimum atomic E-state index is -0.771. The summed E-state index contributed by atoms with van der Waals surface area (Å²) in [4.78, 5) is 11.3. The van der Waals surface area contributed by atoms with E-state index in [2.05, 4.69) is 6.58 Å². The van der Waals surface area contributed by atoms with Crippen molar-refractivity contribution >= 4 is 5.97 Å². The lowest BCUT2D eigenvalue weighted by Gasteiger charge is -2.38. The number of carboxylic acids is 1. The molecule has 90 valence electrons. The Morgan fingerprint density at radius 1 is 1.81 bits per heavy atom. The molecule has 0 aromatic carbocycles. The van der Waals surface area contributed by atoms with Gasteiger partial charge in [-0.2, -0.15) is 0 Å². The van der Waals surface area contributed by atoms with Crippen LogP contribution in [0.1, 0.15) is 32.6 Å². The molecule has 16 heavy (non-hydrogen) atoms. The monoisotopic (exact) mass is 224 g/mol. The number of ether oxygens (including phenoxy) is 1. The van der Waals surface area contributed by atoms with E-state index in [1.807, 2.05) is 13.0 Å². The molecule has 1 rings (SSSR count). The van der Waals surface area contributed by atoms with Gasteiger partial charge in [-0.05, 0) is 31.8 Å². The number of carbonyl (C=O) groups is 1. The molecular weight excluding hydrogens is 204 g/mol. The van der Waals surface area contributed by atoms with Crippen molar-refractivity contribution in [3.05, 3.63) is 24.5 Å². The van der Waals surface area contributed by atoms with Crippen molar-refractivity contribution in [1.29, 1.82) is 0 Å². The SMILES string of the molecule is C=CCC(C(=O)O)C1(C)CCCC=C1OC. The van der Waals surface area contributed by atoms with Crippen molar-refractivity contribution in [2.45, 2.75) is 32.6 Å². The topological polar surface area (TPSA) is 46.5 Å². The van der Waals surface area contributed by atoms with Gasteiger partial charge in [0, 0.05) is 5.41 Å². The van der Waals surface area contributed by atoms with Gasteiger partial charge in [-0.1, -0.05) is 13.0 Å². The Bertz CT molecular complexity index is 306. The van der Waals surface area contributed by atoms with Gasteiger partial charge in [-0.3, -0.25) is 4.79 Å². The van der Waals surface area contributed by atoms with Gasteiger partial charge in [0.05, 0.1) is 18.8 Å². The highest BCUT2D eigenvalue weighted by Crippen LogP contribution is 2.45. The summed E-state index contributed by atoms with van der Waals surface area (Å²) in [6.45, 7) is 5.61. The van der Waals surface area contributed by atoms with Gasteiger partial charge in [0.2, 0.25) is 0 Å². The normalized spacial score (nSPS) is 26.8. The Hall–Kier alpha value is -1.25. The minimum Gasteiger partial charge on any atom is -0.501 e. The molecule has 0 saturated heterocycles. The summed E-state index contributed by atoms with van der Waals surface area (Å²) in [5.74, 6) is -0.406. The van der Waals surface area contributed by atoms with Gasteiger partial charge in [0.15, 0.2) is 0 Å². The number of carboxylic acid groups (broad SMARTS) is 1. The van der Waals surface area contributed by atoms with Crippen molar-refractivity contribution < 1.29 is 14.6 Å². The summed E-state index contributed by atoms with van der Waals surface area (Å²) < 4.78 is 5.35. The zero-order valence-corrected chi connectivity index (χ0v) is 10.0. The van der Waals surface area contributed by atoms with Crippen LogP contribution in [0.4, 0.5) is 0 Å². The van der Waals surface area contributed by atoms with E-state index in [-0.39, 0.29) is 0 Å². The number of hydrogen-bond acceptors (Lipinski definition) is 2. The number of methoxy groups -OCH3 is 1. The molecule has 0 heterocycles. The Morgan fingerprint density at radius 2 is 2.50 bits per heavy atom. The third kappa shape index (κ3) is 2.29. The zero-order chi connectivity index (χ0) is 12.2. The van der Waals surface area contributed by atoms with Gasteiger partial charge in [0.25, 0.3) is 0 Å². The highest BCUT2D eigenvalue weighted by Gasteiger charge is 2.43. The highest BCUT2D eigenvalue weighted by molar-refractivity contribution is 5.72. The molecule has 0 spiro atoms. The van der Waals surface area contributed by atoms with E-state index in [9.17, 15) is 9.90 Å². The van der Waals surface area contributed by atoms with Crippen LogP contribution in [0, 0.1) is 11.3 Å². The number of hydrogen-bond donors (Lipinski definition) is 1. The summed E-state index contributed by atoms with van der Waals surface area (Å²) in [5, 5.41) is 9.30. The summed E-state index contributed by atoms with van der Waals surface area (Å²) >= 11 is 0. The quantitative estimate of drug-likeness (QED) is 0.730. The van der Waals surface area contributed by atoms with E-state index in [1.54, 1.807) is 13.2 Å². The van der Waals surface area contributed by atoms with Crippen LogP contribution in [0.25, 0.3) is 0 Å². The first kappa shape index (κ1) is 12.8. The second-order valence-corrected chi connectivity index (χ2v) is 4.50. The molecular formula is C13H20O3. The largest absolute Gasteiger partial charge is 0.501 e. The van der Waals surface area contributed by atoms with Crippen molar-refractivity contribution in [1.82, 2.24) is 0 Å². The molecule has 1 aliphatic carbocycles. The van der Waals surface area contributed by atoms with E-state index in [0.717, 1.165) is 25.0 Å². The fourth-order valence-corrected chi connectivity index (χ4v) is 2.52. The average Bonchev–Trinajstić information content (AvgIpc) is 2.25. The molecule has 0 saturated carbocycles. The van der Waals surface area contributed by atoms with E-state index >= 15 is 0 Å². The van der Waals surface area contributed by atoms with Crippen molar-refractivity contribution in [3.63, 3.8) is 0 Å². The Morgan fingerprint density at radius 3 is 3.00 bits per heavy atom. The van der Waals surface area contributed by atoms with E-state index in [4.69, 9.17) is 4.74 Å². The zero-order valence-electron chi connectivity index (χ0n) is 10.0. The highest BCUT2D eigenvalue weighted by atomic mass is 16.5. The van der Waals surface area contributed by atoms with Gasteiger partial charge >= 0.3 is 5.97 Å². The lowest BCUT2D eigenvalue weighted by atomic mass is 9.68. The van der Waals surface area contributed by atoms with Crippen molar-refractivity contribution in [2.75, 3.05) is 7.11 Å². The van der Waals surface area contributed by atoms with Crippen LogP contribution in [0.3, 0.4) is 0 Å². The molecule has 0 aromatic rings. The van der Waals surface area contributed by atoms with Gasteiger partial charge in [-0.25, -0.2) is 0 Å². The summed E-state index contributed by atoms with van der Waals surface area (Å²) in [7, 11) is 1.61. The molecule has 0 amide bonds. The summed E-state index contributed by atoms with van der Waals surface area (Å²) in [5.41, 5.74) is -0.396. The molecule has 3 heteroatoms. The molecule has 2 atom stereocenters. The number of aliphatic carboxylic acids is 1.